The van der Waals surface area contributed by atoms with E-state index >= 15 is 0 Å². The molecule has 0 spiro atoms. The standard InChI is InChI=1S/C12H22N2O4/c1-3-8-13-10(15)5-6-11(16)14(4-2)9-7-12(17)18/h3-9H2,1-2H3,(H,13,15)(H,17,18). The molecule has 0 rings (SSSR count). The van der Waals surface area contributed by atoms with Gasteiger partial charge in [-0.05, 0) is 13.3 Å². The normalized spacial score (nSPS) is 9.89. The topological polar surface area (TPSA) is 86.7 Å². The van der Waals surface area contributed by atoms with Gasteiger partial charge in [-0.25, -0.2) is 0 Å². The molecule has 0 radical (unpaired) electrons. The molecule has 18 heavy (non-hydrogen) atoms. The average molecular weight is 258 g/mol. The SMILES string of the molecule is CCCNC(=O)CCC(=O)N(CC)CCC(=O)O. The van der Waals surface area contributed by atoms with Crippen molar-refractivity contribution < 1.29 is 19.5 Å². The number of rotatable bonds is 9. The fraction of sp³-hybridized carbons (Fsp3) is 0.750. The Kier molecular flexibility index (Phi) is 8.61. The molecular weight excluding hydrogens is 236 g/mol. The Bertz CT molecular complexity index is 292. The van der Waals surface area contributed by atoms with Crippen LogP contribution in [0.5, 0.6) is 0 Å². The lowest BCUT2D eigenvalue weighted by Crippen LogP contribution is -2.34. The van der Waals surface area contributed by atoms with Crippen molar-refractivity contribution >= 4 is 17.8 Å². The van der Waals surface area contributed by atoms with Crippen LogP contribution >= 0.6 is 0 Å². The summed E-state index contributed by atoms with van der Waals surface area (Å²) in [4.78, 5) is 34.9. The number of carbonyl (C=O) groups excluding carboxylic acids is 2. The van der Waals surface area contributed by atoms with E-state index in [-0.39, 0.29) is 37.6 Å². The van der Waals surface area contributed by atoms with Crippen molar-refractivity contribution in [3.8, 4) is 0 Å². The van der Waals surface area contributed by atoms with E-state index in [0.29, 0.717) is 13.1 Å². The lowest BCUT2D eigenvalue weighted by Gasteiger charge is -2.19. The van der Waals surface area contributed by atoms with Gasteiger partial charge in [0.15, 0.2) is 0 Å². The van der Waals surface area contributed by atoms with Crippen molar-refractivity contribution in [2.45, 2.75) is 39.5 Å². The van der Waals surface area contributed by atoms with E-state index in [1.165, 1.54) is 4.90 Å². The van der Waals surface area contributed by atoms with Crippen molar-refractivity contribution in [1.82, 2.24) is 10.2 Å². The van der Waals surface area contributed by atoms with Gasteiger partial charge in [0.25, 0.3) is 0 Å². The number of carboxylic acids is 1. The third kappa shape index (κ3) is 7.65. The minimum atomic E-state index is -0.929. The highest BCUT2D eigenvalue weighted by Crippen LogP contribution is 2.00. The maximum atomic E-state index is 11.7. The summed E-state index contributed by atoms with van der Waals surface area (Å²) in [5.74, 6) is -1.24. The van der Waals surface area contributed by atoms with E-state index in [4.69, 9.17) is 5.11 Å². The van der Waals surface area contributed by atoms with Crippen LogP contribution in [0.4, 0.5) is 0 Å². The third-order valence-corrected chi connectivity index (χ3v) is 2.47. The first-order valence-electron chi connectivity index (χ1n) is 6.27. The Labute approximate surface area is 107 Å². The van der Waals surface area contributed by atoms with E-state index in [2.05, 4.69) is 5.32 Å². The highest BCUT2D eigenvalue weighted by atomic mass is 16.4. The number of amides is 2. The van der Waals surface area contributed by atoms with Gasteiger partial charge in [0.05, 0.1) is 6.42 Å². The Hall–Kier alpha value is -1.59. The summed E-state index contributed by atoms with van der Waals surface area (Å²) in [6.45, 7) is 5.01. The van der Waals surface area contributed by atoms with Gasteiger partial charge in [-0.3, -0.25) is 14.4 Å². The molecule has 0 aromatic heterocycles. The molecule has 6 nitrogen and oxygen atoms in total. The van der Waals surface area contributed by atoms with Gasteiger partial charge in [0.1, 0.15) is 0 Å². The van der Waals surface area contributed by atoms with Gasteiger partial charge in [0, 0.05) is 32.5 Å². The van der Waals surface area contributed by atoms with Crippen molar-refractivity contribution in [3.63, 3.8) is 0 Å². The van der Waals surface area contributed by atoms with E-state index in [1.54, 1.807) is 6.92 Å². The molecule has 104 valence electrons. The Morgan fingerprint density at radius 1 is 1.11 bits per heavy atom. The monoisotopic (exact) mass is 258 g/mol. The van der Waals surface area contributed by atoms with Crippen LogP contribution in [0.3, 0.4) is 0 Å². The number of carbonyl (C=O) groups is 3. The highest BCUT2D eigenvalue weighted by molar-refractivity contribution is 5.84. The van der Waals surface area contributed by atoms with Crippen molar-refractivity contribution in [2.75, 3.05) is 19.6 Å². The zero-order valence-corrected chi connectivity index (χ0v) is 11.1. The summed E-state index contributed by atoms with van der Waals surface area (Å²) >= 11 is 0. The molecule has 0 unspecified atom stereocenters. The molecule has 0 atom stereocenters. The quantitative estimate of drug-likeness (QED) is 0.634. The molecule has 2 amide bonds. The lowest BCUT2D eigenvalue weighted by atomic mass is 10.2. The number of nitrogens with zero attached hydrogens (tertiary/aromatic N) is 1. The zero-order chi connectivity index (χ0) is 14.0. The molecule has 0 aliphatic rings. The Morgan fingerprint density at radius 2 is 1.78 bits per heavy atom. The molecule has 0 heterocycles. The average Bonchev–Trinajstić information content (AvgIpc) is 2.34. The van der Waals surface area contributed by atoms with Gasteiger partial charge < -0.3 is 15.3 Å². The molecule has 0 saturated carbocycles. The predicted octanol–water partition coefficient (Wildman–Crippen LogP) is 0.616. The molecular formula is C12H22N2O4. The maximum absolute atomic E-state index is 11.7. The van der Waals surface area contributed by atoms with Crippen LogP contribution in [0.25, 0.3) is 0 Å². The van der Waals surface area contributed by atoms with Crippen LogP contribution < -0.4 is 5.32 Å². The second-order valence-electron chi connectivity index (χ2n) is 3.97. The molecule has 0 aliphatic carbocycles. The highest BCUT2D eigenvalue weighted by Gasteiger charge is 2.14. The van der Waals surface area contributed by atoms with E-state index in [1.807, 2.05) is 6.92 Å². The third-order valence-electron chi connectivity index (χ3n) is 2.47. The van der Waals surface area contributed by atoms with Crippen LogP contribution in [0.15, 0.2) is 0 Å². The number of hydrogen-bond donors (Lipinski definition) is 2. The second kappa shape index (κ2) is 9.44. The smallest absolute Gasteiger partial charge is 0.305 e. The molecule has 6 heteroatoms. The van der Waals surface area contributed by atoms with Gasteiger partial charge in [-0.15, -0.1) is 0 Å². The van der Waals surface area contributed by atoms with E-state index in [9.17, 15) is 14.4 Å². The summed E-state index contributed by atoms with van der Waals surface area (Å²) in [6.07, 6.45) is 1.08. The number of hydrogen-bond acceptors (Lipinski definition) is 3. The molecule has 0 saturated heterocycles. The largest absolute Gasteiger partial charge is 0.481 e. The van der Waals surface area contributed by atoms with Gasteiger partial charge in [-0.2, -0.15) is 0 Å². The molecule has 0 aliphatic heterocycles. The van der Waals surface area contributed by atoms with Crippen molar-refractivity contribution in [3.05, 3.63) is 0 Å². The van der Waals surface area contributed by atoms with Gasteiger partial charge >= 0.3 is 5.97 Å². The molecule has 2 N–H and O–H groups in total. The minimum Gasteiger partial charge on any atom is -0.481 e. The number of nitrogens with one attached hydrogen (secondary N) is 1. The Balaban J connectivity index is 3.96. The van der Waals surface area contributed by atoms with Crippen LogP contribution in [0, 0.1) is 0 Å². The van der Waals surface area contributed by atoms with Crippen LogP contribution in [-0.2, 0) is 14.4 Å². The fourth-order valence-corrected chi connectivity index (χ4v) is 1.42. The predicted molar refractivity (Wildman–Crippen MR) is 67.0 cm³/mol. The number of carboxylic acid groups (broad SMARTS) is 1. The molecule has 0 aromatic rings. The fourth-order valence-electron chi connectivity index (χ4n) is 1.42. The van der Waals surface area contributed by atoms with Crippen LogP contribution in [-0.4, -0.2) is 47.4 Å². The Morgan fingerprint density at radius 3 is 2.28 bits per heavy atom. The summed E-state index contributed by atoms with van der Waals surface area (Å²) in [6, 6.07) is 0. The van der Waals surface area contributed by atoms with Crippen molar-refractivity contribution in [2.24, 2.45) is 0 Å². The van der Waals surface area contributed by atoms with Gasteiger partial charge in [-0.1, -0.05) is 6.92 Å². The van der Waals surface area contributed by atoms with E-state index < -0.39 is 5.97 Å². The maximum Gasteiger partial charge on any atom is 0.305 e. The first kappa shape index (κ1) is 16.4. The lowest BCUT2D eigenvalue weighted by molar-refractivity contribution is -0.139. The summed E-state index contributed by atoms with van der Waals surface area (Å²) in [5.41, 5.74) is 0. The zero-order valence-electron chi connectivity index (χ0n) is 11.1. The van der Waals surface area contributed by atoms with Crippen LogP contribution in [0.1, 0.15) is 39.5 Å². The molecule has 0 fully saturated rings. The molecule has 0 bridgehead atoms. The summed E-state index contributed by atoms with van der Waals surface area (Å²) < 4.78 is 0. The van der Waals surface area contributed by atoms with E-state index in [0.717, 1.165) is 6.42 Å². The first-order chi connectivity index (χ1) is 8.51. The summed E-state index contributed by atoms with van der Waals surface area (Å²) in [7, 11) is 0. The minimum absolute atomic E-state index is 0.0678. The first-order valence-corrected chi connectivity index (χ1v) is 6.27. The molecule has 0 aromatic carbocycles. The summed E-state index contributed by atoms with van der Waals surface area (Å²) in [5, 5.41) is 11.2. The second-order valence-corrected chi connectivity index (χ2v) is 3.97. The van der Waals surface area contributed by atoms with Gasteiger partial charge in [0.2, 0.25) is 11.8 Å². The van der Waals surface area contributed by atoms with Crippen LogP contribution in [0.2, 0.25) is 0 Å². The van der Waals surface area contributed by atoms with Crippen molar-refractivity contribution in [1.29, 1.82) is 0 Å². The number of aliphatic carboxylic acids is 1.